The molecule has 2 aromatic rings. The summed E-state index contributed by atoms with van der Waals surface area (Å²) in [5.41, 5.74) is 1.93. The molecule has 0 spiro atoms. The number of benzene rings is 1. The van der Waals surface area contributed by atoms with Gasteiger partial charge in [-0.2, -0.15) is 0 Å². The highest BCUT2D eigenvalue weighted by Gasteiger charge is 2.26. The molecule has 0 aliphatic carbocycles. The summed E-state index contributed by atoms with van der Waals surface area (Å²) in [6.45, 7) is 5.82. The maximum absolute atomic E-state index is 12.4. The molecule has 1 N–H and O–H groups in total. The third kappa shape index (κ3) is 4.50. The fraction of sp³-hybridized carbons (Fsp3) is 0.368. The van der Waals surface area contributed by atoms with Gasteiger partial charge in [0.1, 0.15) is 0 Å². The molecule has 1 aliphatic rings. The molecular formula is C19H23ClN4O. The predicted molar refractivity (Wildman–Crippen MR) is 101 cm³/mol. The van der Waals surface area contributed by atoms with E-state index in [0.29, 0.717) is 6.54 Å². The van der Waals surface area contributed by atoms with Crippen LogP contribution in [0.15, 0.2) is 48.7 Å². The van der Waals surface area contributed by atoms with Crippen LogP contribution in [0.4, 0.5) is 5.69 Å². The first-order valence-electron chi connectivity index (χ1n) is 8.56. The van der Waals surface area contributed by atoms with Crippen molar-refractivity contribution in [1.82, 2.24) is 15.2 Å². The fourth-order valence-electron chi connectivity index (χ4n) is 3.05. The summed E-state index contributed by atoms with van der Waals surface area (Å²) in [6.07, 6.45) is 1.73. The van der Waals surface area contributed by atoms with E-state index in [1.165, 1.54) is 0 Å². The summed E-state index contributed by atoms with van der Waals surface area (Å²) >= 11 is 6.28. The molecular weight excluding hydrogens is 336 g/mol. The molecule has 1 atom stereocenters. The van der Waals surface area contributed by atoms with E-state index >= 15 is 0 Å². The van der Waals surface area contributed by atoms with E-state index < -0.39 is 0 Å². The van der Waals surface area contributed by atoms with E-state index in [4.69, 9.17) is 11.6 Å². The number of amides is 1. The van der Waals surface area contributed by atoms with Crippen molar-refractivity contribution in [2.45, 2.75) is 19.5 Å². The average Bonchev–Trinajstić information content (AvgIpc) is 2.67. The highest BCUT2D eigenvalue weighted by atomic mass is 35.5. The minimum absolute atomic E-state index is 0.0387. The Morgan fingerprint density at radius 1 is 1.16 bits per heavy atom. The van der Waals surface area contributed by atoms with Gasteiger partial charge in [-0.25, -0.2) is 0 Å². The number of carbonyl (C=O) groups excluding carboxylic acids is 1. The van der Waals surface area contributed by atoms with Crippen molar-refractivity contribution >= 4 is 23.2 Å². The quantitative estimate of drug-likeness (QED) is 0.892. The first-order valence-corrected chi connectivity index (χ1v) is 8.94. The minimum atomic E-state index is -0.155. The Morgan fingerprint density at radius 3 is 2.56 bits per heavy atom. The number of aromatic nitrogens is 1. The number of pyridine rings is 1. The number of hydrogen-bond acceptors (Lipinski definition) is 4. The lowest BCUT2D eigenvalue weighted by Crippen LogP contribution is -2.54. The van der Waals surface area contributed by atoms with E-state index in [1.54, 1.807) is 6.20 Å². The van der Waals surface area contributed by atoms with E-state index in [1.807, 2.05) is 49.4 Å². The SMILES string of the molecule is CC(C(=O)NCc1ccccn1)N1CCN(c2ccccc2Cl)CC1. The molecule has 1 aromatic carbocycles. The zero-order valence-electron chi connectivity index (χ0n) is 14.4. The zero-order valence-corrected chi connectivity index (χ0v) is 15.1. The smallest absolute Gasteiger partial charge is 0.237 e. The Bertz CT molecular complexity index is 702. The maximum Gasteiger partial charge on any atom is 0.237 e. The number of anilines is 1. The van der Waals surface area contributed by atoms with Crippen LogP contribution in [0.2, 0.25) is 5.02 Å². The summed E-state index contributed by atoms with van der Waals surface area (Å²) in [5, 5.41) is 3.75. The van der Waals surface area contributed by atoms with E-state index in [9.17, 15) is 4.79 Å². The molecule has 5 nitrogen and oxygen atoms in total. The van der Waals surface area contributed by atoms with Gasteiger partial charge in [0.05, 0.1) is 29.0 Å². The molecule has 6 heteroatoms. The molecule has 1 unspecified atom stereocenters. The topological polar surface area (TPSA) is 48.5 Å². The van der Waals surface area contributed by atoms with Crippen molar-refractivity contribution in [2.75, 3.05) is 31.1 Å². The van der Waals surface area contributed by atoms with Gasteiger partial charge in [-0.3, -0.25) is 14.7 Å². The van der Waals surface area contributed by atoms with Crippen LogP contribution in [0.25, 0.3) is 0 Å². The van der Waals surface area contributed by atoms with Gasteiger partial charge in [0.2, 0.25) is 5.91 Å². The van der Waals surface area contributed by atoms with Gasteiger partial charge in [-0.05, 0) is 31.2 Å². The summed E-state index contributed by atoms with van der Waals surface area (Å²) in [5.74, 6) is 0.0387. The molecule has 132 valence electrons. The maximum atomic E-state index is 12.4. The second-order valence-corrected chi connectivity index (χ2v) is 6.60. The van der Waals surface area contributed by atoms with Crippen LogP contribution in [0.5, 0.6) is 0 Å². The molecule has 1 saturated heterocycles. The standard InChI is InChI=1S/C19H23ClN4O/c1-15(19(25)22-14-16-6-4-5-9-21-16)23-10-12-24(13-11-23)18-8-3-2-7-17(18)20/h2-9,15H,10-14H2,1H3,(H,22,25). The predicted octanol–water partition coefficient (Wildman–Crippen LogP) is 2.56. The lowest BCUT2D eigenvalue weighted by Gasteiger charge is -2.38. The van der Waals surface area contributed by atoms with Gasteiger partial charge < -0.3 is 10.2 Å². The van der Waals surface area contributed by atoms with Crippen molar-refractivity contribution in [3.63, 3.8) is 0 Å². The number of carbonyl (C=O) groups is 1. The number of rotatable bonds is 5. The van der Waals surface area contributed by atoms with Crippen LogP contribution in [0.1, 0.15) is 12.6 Å². The summed E-state index contributed by atoms with van der Waals surface area (Å²) in [6, 6.07) is 13.4. The second kappa shape index (κ2) is 8.32. The summed E-state index contributed by atoms with van der Waals surface area (Å²) in [4.78, 5) is 21.1. The van der Waals surface area contributed by atoms with Crippen molar-refractivity contribution < 1.29 is 4.79 Å². The highest BCUT2D eigenvalue weighted by Crippen LogP contribution is 2.26. The van der Waals surface area contributed by atoms with Gasteiger partial charge in [0.25, 0.3) is 0 Å². The monoisotopic (exact) mass is 358 g/mol. The number of nitrogens with one attached hydrogen (secondary N) is 1. The van der Waals surface area contributed by atoms with Crippen molar-refractivity contribution in [3.8, 4) is 0 Å². The highest BCUT2D eigenvalue weighted by molar-refractivity contribution is 6.33. The van der Waals surface area contributed by atoms with E-state index in [2.05, 4.69) is 20.1 Å². The lowest BCUT2D eigenvalue weighted by molar-refractivity contribution is -0.126. The van der Waals surface area contributed by atoms with Gasteiger partial charge >= 0.3 is 0 Å². The Labute approximate surface area is 153 Å². The first kappa shape index (κ1) is 17.7. The van der Waals surface area contributed by atoms with Crippen LogP contribution in [-0.4, -0.2) is 48.0 Å². The summed E-state index contributed by atoms with van der Waals surface area (Å²) in [7, 11) is 0. The van der Waals surface area contributed by atoms with Crippen LogP contribution in [0.3, 0.4) is 0 Å². The molecule has 1 fully saturated rings. The third-order valence-electron chi connectivity index (χ3n) is 4.60. The summed E-state index contributed by atoms with van der Waals surface area (Å²) < 4.78 is 0. The van der Waals surface area contributed by atoms with Crippen LogP contribution < -0.4 is 10.2 Å². The molecule has 1 aliphatic heterocycles. The normalized spacial score (nSPS) is 16.5. The van der Waals surface area contributed by atoms with Gasteiger partial charge in [-0.1, -0.05) is 29.8 Å². The molecule has 0 bridgehead atoms. The number of para-hydroxylation sites is 1. The van der Waals surface area contributed by atoms with Crippen molar-refractivity contribution in [2.24, 2.45) is 0 Å². The average molecular weight is 359 g/mol. The van der Waals surface area contributed by atoms with Gasteiger partial charge in [0, 0.05) is 32.4 Å². The Hall–Kier alpha value is -2.11. The van der Waals surface area contributed by atoms with Gasteiger partial charge in [0.15, 0.2) is 0 Å². The van der Waals surface area contributed by atoms with Crippen LogP contribution in [-0.2, 0) is 11.3 Å². The molecule has 0 radical (unpaired) electrons. The number of hydrogen-bond donors (Lipinski definition) is 1. The van der Waals surface area contributed by atoms with Crippen LogP contribution in [0, 0.1) is 0 Å². The number of halogens is 1. The number of nitrogens with zero attached hydrogens (tertiary/aromatic N) is 3. The minimum Gasteiger partial charge on any atom is -0.368 e. The Balaban J connectivity index is 1.50. The Kier molecular flexibility index (Phi) is 5.89. The molecule has 2 heterocycles. The second-order valence-electron chi connectivity index (χ2n) is 6.19. The molecule has 1 aromatic heterocycles. The van der Waals surface area contributed by atoms with E-state index in [0.717, 1.165) is 42.6 Å². The molecule has 0 saturated carbocycles. The van der Waals surface area contributed by atoms with Gasteiger partial charge in [-0.15, -0.1) is 0 Å². The lowest BCUT2D eigenvalue weighted by atomic mass is 10.2. The molecule has 1 amide bonds. The Morgan fingerprint density at radius 2 is 1.88 bits per heavy atom. The zero-order chi connectivity index (χ0) is 17.6. The third-order valence-corrected chi connectivity index (χ3v) is 4.92. The molecule has 3 rings (SSSR count). The van der Waals surface area contributed by atoms with Crippen molar-refractivity contribution in [3.05, 3.63) is 59.4 Å². The first-order chi connectivity index (χ1) is 12.1. The van der Waals surface area contributed by atoms with Crippen LogP contribution >= 0.6 is 11.6 Å². The van der Waals surface area contributed by atoms with Crippen molar-refractivity contribution in [1.29, 1.82) is 0 Å². The molecule has 25 heavy (non-hydrogen) atoms. The number of piperazine rings is 1. The largest absolute Gasteiger partial charge is 0.368 e. The van der Waals surface area contributed by atoms with E-state index in [-0.39, 0.29) is 11.9 Å². The fourth-order valence-corrected chi connectivity index (χ4v) is 3.31.